The van der Waals surface area contributed by atoms with Crippen molar-refractivity contribution in [3.05, 3.63) is 28.7 Å². The third-order valence-electron chi connectivity index (χ3n) is 6.20. The van der Waals surface area contributed by atoms with Crippen LogP contribution in [0.4, 0.5) is 5.95 Å². The van der Waals surface area contributed by atoms with Crippen molar-refractivity contribution in [2.24, 2.45) is 5.92 Å². The molecular weight excluding hydrogens is 398 g/mol. The smallest absolute Gasteiger partial charge is 0.252 e. The number of anilines is 1. The van der Waals surface area contributed by atoms with Crippen LogP contribution in [0.25, 0.3) is 11.0 Å². The number of nitrogens with zero attached hydrogens (tertiary/aromatic N) is 4. The number of hydrogen-bond donors (Lipinski definition) is 2. The Kier molecular flexibility index (Phi) is 6.36. The number of aliphatic hydroxyl groups is 1. The third-order valence-corrected chi connectivity index (χ3v) is 7.77. The SMILES string of the molecule is CC1CCCC1n1c(=O)ccc2cnc(NC3CCN(SCC(C)(C)O)CC3)nc21. The van der Waals surface area contributed by atoms with Crippen LogP contribution in [0.5, 0.6) is 0 Å². The molecule has 0 spiro atoms. The molecule has 0 bridgehead atoms. The maximum absolute atomic E-state index is 12.7. The highest BCUT2D eigenvalue weighted by atomic mass is 32.2. The van der Waals surface area contributed by atoms with Crippen molar-refractivity contribution in [3.63, 3.8) is 0 Å². The molecule has 4 rings (SSSR count). The summed E-state index contributed by atoms with van der Waals surface area (Å²) >= 11 is 1.72. The Hall–Kier alpha value is -1.64. The van der Waals surface area contributed by atoms with Crippen LogP contribution in [-0.2, 0) is 0 Å². The van der Waals surface area contributed by atoms with Gasteiger partial charge in [-0.3, -0.25) is 13.7 Å². The molecule has 1 saturated heterocycles. The highest BCUT2D eigenvalue weighted by molar-refractivity contribution is 7.97. The molecule has 30 heavy (non-hydrogen) atoms. The second-order valence-electron chi connectivity index (χ2n) is 9.42. The summed E-state index contributed by atoms with van der Waals surface area (Å²) in [6.07, 6.45) is 7.19. The van der Waals surface area contributed by atoms with Crippen LogP contribution in [0, 0.1) is 5.92 Å². The summed E-state index contributed by atoms with van der Waals surface area (Å²) < 4.78 is 4.23. The third kappa shape index (κ3) is 4.98. The molecule has 2 aliphatic rings. The van der Waals surface area contributed by atoms with E-state index in [4.69, 9.17) is 4.98 Å². The van der Waals surface area contributed by atoms with E-state index < -0.39 is 5.60 Å². The zero-order valence-corrected chi connectivity index (χ0v) is 19.0. The Morgan fingerprint density at radius 1 is 1.23 bits per heavy atom. The number of hydrogen-bond acceptors (Lipinski definition) is 7. The van der Waals surface area contributed by atoms with Crippen molar-refractivity contribution >= 4 is 28.9 Å². The lowest BCUT2D eigenvalue weighted by molar-refractivity contribution is 0.106. The highest BCUT2D eigenvalue weighted by Crippen LogP contribution is 2.35. The van der Waals surface area contributed by atoms with Crippen molar-refractivity contribution in [1.82, 2.24) is 18.8 Å². The molecule has 2 fully saturated rings. The Balaban J connectivity index is 1.46. The summed E-state index contributed by atoms with van der Waals surface area (Å²) in [6.45, 7) is 7.86. The zero-order valence-electron chi connectivity index (χ0n) is 18.2. The predicted octanol–water partition coefficient (Wildman–Crippen LogP) is 3.45. The standard InChI is InChI=1S/C22H33N5O2S/c1-15-5-4-6-18(15)27-19(28)8-7-16-13-23-21(25-20(16)27)24-17-9-11-26(12-10-17)30-14-22(2,3)29/h7-8,13,15,17-18,29H,4-6,9-12,14H2,1-3H3,(H,23,24,25). The summed E-state index contributed by atoms with van der Waals surface area (Å²) in [6, 6.07) is 4.01. The molecule has 2 aromatic rings. The highest BCUT2D eigenvalue weighted by Gasteiger charge is 2.28. The summed E-state index contributed by atoms with van der Waals surface area (Å²) in [5.41, 5.74) is 0.130. The number of nitrogens with one attached hydrogen (secondary N) is 1. The predicted molar refractivity (Wildman–Crippen MR) is 123 cm³/mol. The van der Waals surface area contributed by atoms with Gasteiger partial charge in [0.05, 0.1) is 5.60 Å². The lowest BCUT2D eigenvalue weighted by atomic mass is 10.1. The van der Waals surface area contributed by atoms with Gasteiger partial charge in [-0.1, -0.05) is 25.3 Å². The minimum atomic E-state index is -0.648. The minimum absolute atomic E-state index is 0.0306. The first kappa shape index (κ1) is 21.6. The van der Waals surface area contributed by atoms with Gasteiger partial charge in [0.25, 0.3) is 5.56 Å². The van der Waals surface area contributed by atoms with Crippen LogP contribution in [0.1, 0.15) is 58.9 Å². The lowest BCUT2D eigenvalue weighted by Gasteiger charge is -2.32. The second-order valence-corrected chi connectivity index (χ2v) is 10.5. The van der Waals surface area contributed by atoms with Gasteiger partial charge in [-0.05, 0) is 51.5 Å². The van der Waals surface area contributed by atoms with Crippen LogP contribution in [-0.4, -0.2) is 54.4 Å². The van der Waals surface area contributed by atoms with Crippen LogP contribution in [0.3, 0.4) is 0 Å². The van der Waals surface area contributed by atoms with Gasteiger partial charge < -0.3 is 10.4 Å². The molecule has 1 aliphatic heterocycles. The molecule has 2 atom stereocenters. The maximum atomic E-state index is 12.7. The Morgan fingerprint density at radius 2 is 2.00 bits per heavy atom. The van der Waals surface area contributed by atoms with Gasteiger partial charge in [-0.25, -0.2) is 4.98 Å². The van der Waals surface area contributed by atoms with Gasteiger partial charge in [-0.2, -0.15) is 4.98 Å². The largest absolute Gasteiger partial charge is 0.390 e. The average molecular weight is 432 g/mol. The molecule has 7 nitrogen and oxygen atoms in total. The van der Waals surface area contributed by atoms with Crippen LogP contribution < -0.4 is 10.9 Å². The van der Waals surface area contributed by atoms with Crippen LogP contribution in [0.2, 0.25) is 0 Å². The van der Waals surface area contributed by atoms with E-state index in [1.165, 1.54) is 0 Å². The topological polar surface area (TPSA) is 83.3 Å². The summed E-state index contributed by atoms with van der Waals surface area (Å²) in [7, 11) is 0. The molecular formula is C22H33N5O2S. The number of rotatable bonds is 6. The van der Waals surface area contributed by atoms with Gasteiger partial charge in [0.15, 0.2) is 0 Å². The Morgan fingerprint density at radius 3 is 2.67 bits per heavy atom. The molecule has 1 saturated carbocycles. The second kappa shape index (κ2) is 8.85. The van der Waals surface area contributed by atoms with Crippen LogP contribution >= 0.6 is 11.9 Å². The number of aromatic nitrogens is 3. The van der Waals surface area contributed by atoms with E-state index in [0.717, 1.165) is 56.2 Å². The quantitative estimate of drug-likeness (QED) is 0.678. The first-order valence-corrected chi connectivity index (χ1v) is 12.0. The minimum Gasteiger partial charge on any atom is -0.390 e. The van der Waals surface area contributed by atoms with Crippen molar-refractivity contribution in [3.8, 4) is 0 Å². The van der Waals surface area contributed by atoms with Gasteiger partial charge in [0.2, 0.25) is 5.95 Å². The molecule has 1 aliphatic carbocycles. The van der Waals surface area contributed by atoms with E-state index >= 15 is 0 Å². The van der Waals surface area contributed by atoms with E-state index in [1.807, 2.05) is 30.7 Å². The van der Waals surface area contributed by atoms with Crippen molar-refractivity contribution in [2.75, 3.05) is 24.2 Å². The first-order valence-electron chi connectivity index (χ1n) is 11.1. The van der Waals surface area contributed by atoms with Crippen molar-refractivity contribution in [1.29, 1.82) is 0 Å². The summed E-state index contributed by atoms with van der Waals surface area (Å²) in [5, 5.41) is 14.3. The Labute approximate surface area is 182 Å². The van der Waals surface area contributed by atoms with Gasteiger partial charge in [0.1, 0.15) is 5.65 Å². The molecule has 164 valence electrons. The summed E-state index contributed by atoms with van der Waals surface area (Å²) in [5.74, 6) is 1.80. The zero-order chi connectivity index (χ0) is 21.3. The number of pyridine rings is 1. The lowest BCUT2D eigenvalue weighted by Crippen LogP contribution is -2.37. The fourth-order valence-corrected chi connectivity index (χ4v) is 5.47. The fraction of sp³-hybridized carbons (Fsp3) is 0.682. The van der Waals surface area contributed by atoms with E-state index in [9.17, 15) is 9.90 Å². The Bertz CT molecular complexity index is 933. The van der Waals surface area contributed by atoms with E-state index in [-0.39, 0.29) is 11.6 Å². The van der Waals surface area contributed by atoms with Gasteiger partial charge in [0, 0.05) is 48.6 Å². The van der Waals surface area contributed by atoms with Gasteiger partial charge >= 0.3 is 0 Å². The molecule has 2 unspecified atom stereocenters. The molecule has 0 radical (unpaired) electrons. The number of piperidine rings is 1. The first-order chi connectivity index (χ1) is 14.3. The normalized spacial score (nSPS) is 23.9. The molecule has 3 heterocycles. The molecule has 0 aromatic carbocycles. The van der Waals surface area contributed by atoms with Crippen molar-refractivity contribution < 1.29 is 5.11 Å². The van der Waals surface area contributed by atoms with Crippen molar-refractivity contribution in [2.45, 2.75) is 70.6 Å². The van der Waals surface area contributed by atoms with E-state index in [1.54, 1.807) is 18.0 Å². The van der Waals surface area contributed by atoms with Crippen LogP contribution in [0.15, 0.2) is 23.1 Å². The van der Waals surface area contributed by atoms with Gasteiger partial charge in [-0.15, -0.1) is 0 Å². The fourth-order valence-electron chi connectivity index (χ4n) is 4.50. The molecule has 8 heteroatoms. The van der Waals surface area contributed by atoms with E-state index in [2.05, 4.69) is 21.5 Å². The maximum Gasteiger partial charge on any atom is 0.252 e. The summed E-state index contributed by atoms with van der Waals surface area (Å²) in [4.78, 5) is 22.0. The molecule has 0 amide bonds. The molecule has 2 aromatic heterocycles. The molecule has 2 N–H and O–H groups in total. The van der Waals surface area contributed by atoms with E-state index in [0.29, 0.717) is 23.7 Å². The number of fused-ring (bicyclic) bond motifs is 1. The average Bonchev–Trinajstić information content (AvgIpc) is 3.12. The monoisotopic (exact) mass is 431 g/mol.